The SMILES string of the molecule is COC(=O)N(COC(=O)c1cccnc1)c1ccc(OCc2nc3ccccc3s2)cc1C. The Hall–Kier alpha value is -3.98. The van der Waals surface area contributed by atoms with Crippen molar-refractivity contribution in [1.29, 1.82) is 0 Å². The largest absolute Gasteiger partial charge is 0.486 e. The number of aromatic nitrogens is 2. The van der Waals surface area contributed by atoms with Gasteiger partial charge in [-0.05, 0) is 55.0 Å². The predicted octanol–water partition coefficient (Wildman–Crippen LogP) is 4.97. The van der Waals surface area contributed by atoms with E-state index in [0.29, 0.717) is 18.0 Å². The van der Waals surface area contributed by atoms with Gasteiger partial charge in [-0.25, -0.2) is 19.5 Å². The summed E-state index contributed by atoms with van der Waals surface area (Å²) in [7, 11) is 1.27. The van der Waals surface area contributed by atoms with Gasteiger partial charge < -0.3 is 14.2 Å². The number of para-hydroxylation sites is 1. The van der Waals surface area contributed by atoms with Crippen LogP contribution in [0.4, 0.5) is 10.5 Å². The van der Waals surface area contributed by atoms with Crippen molar-refractivity contribution in [3.63, 3.8) is 0 Å². The Bertz CT molecular complexity index is 1240. The fraction of sp³-hybridized carbons (Fsp3) is 0.167. The number of aryl methyl sites for hydroxylation is 1. The smallest absolute Gasteiger partial charge is 0.416 e. The molecule has 4 rings (SSSR count). The summed E-state index contributed by atoms with van der Waals surface area (Å²) in [5.74, 6) is 0.0399. The van der Waals surface area contributed by atoms with Gasteiger partial charge in [0.05, 0.1) is 28.6 Å². The lowest BCUT2D eigenvalue weighted by Crippen LogP contribution is -2.34. The van der Waals surface area contributed by atoms with Crippen LogP contribution in [0, 0.1) is 6.92 Å². The Morgan fingerprint density at radius 1 is 1.09 bits per heavy atom. The summed E-state index contributed by atoms with van der Waals surface area (Å²) < 4.78 is 17.2. The van der Waals surface area contributed by atoms with Crippen molar-refractivity contribution in [1.82, 2.24) is 9.97 Å². The first-order valence-electron chi connectivity index (χ1n) is 10.1. The van der Waals surface area contributed by atoms with Crippen molar-refractivity contribution in [3.05, 3.63) is 83.1 Å². The Morgan fingerprint density at radius 2 is 1.94 bits per heavy atom. The molecular weight excluding hydrogens is 442 g/mol. The topological polar surface area (TPSA) is 90.8 Å². The molecule has 8 nitrogen and oxygen atoms in total. The summed E-state index contributed by atoms with van der Waals surface area (Å²) in [5, 5.41) is 0.872. The first-order chi connectivity index (χ1) is 16.0. The molecule has 0 bridgehead atoms. The van der Waals surface area contributed by atoms with E-state index in [-0.39, 0.29) is 12.3 Å². The van der Waals surface area contributed by atoms with E-state index in [1.807, 2.05) is 37.3 Å². The van der Waals surface area contributed by atoms with Gasteiger partial charge in [-0.1, -0.05) is 12.1 Å². The molecule has 0 saturated heterocycles. The minimum absolute atomic E-state index is 0.289. The summed E-state index contributed by atoms with van der Waals surface area (Å²) in [5.41, 5.74) is 2.52. The van der Waals surface area contributed by atoms with Crippen LogP contribution in [0.3, 0.4) is 0 Å². The van der Waals surface area contributed by atoms with Gasteiger partial charge in [-0.2, -0.15) is 0 Å². The van der Waals surface area contributed by atoms with Crippen molar-refractivity contribution >= 4 is 39.3 Å². The van der Waals surface area contributed by atoms with Gasteiger partial charge in [0.15, 0.2) is 6.73 Å². The normalized spacial score (nSPS) is 10.6. The third-order valence-corrected chi connectivity index (χ3v) is 5.79. The number of methoxy groups -OCH3 is 1. The summed E-state index contributed by atoms with van der Waals surface area (Å²) in [6, 6.07) is 16.4. The molecule has 168 valence electrons. The van der Waals surface area contributed by atoms with Crippen molar-refractivity contribution in [2.45, 2.75) is 13.5 Å². The first-order valence-corrected chi connectivity index (χ1v) is 10.9. The molecular formula is C24H21N3O5S. The minimum Gasteiger partial charge on any atom is -0.486 e. The fourth-order valence-electron chi connectivity index (χ4n) is 3.17. The Balaban J connectivity index is 1.45. The van der Waals surface area contributed by atoms with E-state index in [4.69, 9.17) is 14.2 Å². The highest BCUT2D eigenvalue weighted by atomic mass is 32.1. The van der Waals surface area contributed by atoms with Crippen LogP contribution in [0.1, 0.15) is 20.9 Å². The Kier molecular flexibility index (Phi) is 6.80. The van der Waals surface area contributed by atoms with Crippen LogP contribution in [0.15, 0.2) is 67.0 Å². The van der Waals surface area contributed by atoms with E-state index in [9.17, 15) is 9.59 Å². The van der Waals surface area contributed by atoms with Crippen LogP contribution in [0.2, 0.25) is 0 Å². The molecule has 0 aliphatic rings. The molecule has 0 saturated carbocycles. The number of ether oxygens (including phenoxy) is 3. The van der Waals surface area contributed by atoms with Gasteiger partial charge in [0, 0.05) is 12.4 Å². The van der Waals surface area contributed by atoms with Crippen LogP contribution in [0.25, 0.3) is 10.2 Å². The second-order valence-corrected chi connectivity index (χ2v) is 8.13. The van der Waals surface area contributed by atoms with Crippen LogP contribution >= 0.6 is 11.3 Å². The number of anilines is 1. The lowest BCUT2D eigenvalue weighted by Gasteiger charge is -2.23. The van der Waals surface area contributed by atoms with Gasteiger partial charge in [-0.15, -0.1) is 11.3 Å². The number of hydrogen-bond acceptors (Lipinski definition) is 8. The van der Waals surface area contributed by atoms with Crippen molar-refractivity contribution < 1.29 is 23.8 Å². The van der Waals surface area contributed by atoms with Crippen LogP contribution in [0.5, 0.6) is 5.75 Å². The summed E-state index contributed by atoms with van der Waals surface area (Å²) in [4.78, 5) is 34.3. The number of esters is 1. The average molecular weight is 464 g/mol. The first kappa shape index (κ1) is 22.2. The Labute approximate surface area is 194 Å². The van der Waals surface area contributed by atoms with E-state index >= 15 is 0 Å². The fourth-order valence-corrected chi connectivity index (χ4v) is 4.05. The van der Waals surface area contributed by atoms with Gasteiger partial charge in [0.25, 0.3) is 0 Å². The maximum atomic E-state index is 12.4. The molecule has 2 aromatic carbocycles. The zero-order valence-electron chi connectivity index (χ0n) is 18.1. The zero-order chi connectivity index (χ0) is 23.2. The molecule has 0 atom stereocenters. The number of rotatable bonds is 7. The maximum Gasteiger partial charge on any atom is 0.416 e. The molecule has 0 spiro atoms. The second-order valence-electron chi connectivity index (χ2n) is 7.01. The van der Waals surface area contributed by atoms with E-state index in [2.05, 4.69) is 9.97 Å². The second kappa shape index (κ2) is 10.1. The molecule has 1 amide bonds. The van der Waals surface area contributed by atoms with E-state index < -0.39 is 12.1 Å². The average Bonchev–Trinajstić information content (AvgIpc) is 3.27. The number of nitrogens with zero attached hydrogens (tertiary/aromatic N) is 3. The molecule has 2 heterocycles. The van der Waals surface area contributed by atoms with Crippen molar-refractivity contribution in [2.75, 3.05) is 18.7 Å². The number of carbonyl (C=O) groups is 2. The van der Waals surface area contributed by atoms with Crippen LogP contribution in [-0.2, 0) is 16.1 Å². The third kappa shape index (κ3) is 5.27. The van der Waals surface area contributed by atoms with Gasteiger partial charge in [-0.3, -0.25) is 4.98 Å². The highest BCUT2D eigenvalue weighted by Gasteiger charge is 2.21. The molecule has 9 heteroatoms. The van der Waals surface area contributed by atoms with Crippen molar-refractivity contribution in [3.8, 4) is 5.75 Å². The monoisotopic (exact) mass is 463 g/mol. The minimum atomic E-state index is -0.653. The molecule has 0 aliphatic heterocycles. The number of fused-ring (bicyclic) bond motifs is 1. The van der Waals surface area contributed by atoms with Gasteiger partial charge in [0.1, 0.15) is 17.4 Å². The summed E-state index contributed by atoms with van der Waals surface area (Å²) in [6.07, 6.45) is 2.30. The molecule has 4 aromatic rings. The molecule has 0 unspecified atom stereocenters. The third-order valence-electron chi connectivity index (χ3n) is 4.78. The molecule has 2 aromatic heterocycles. The maximum absolute atomic E-state index is 12.4. The highest BCUT2D eigenvalue weighted by molar-refractivity contribution is 7.18. The molecule has 0 N–H and O–H groups in total. The number of amides is 1. The lowest BCUT2D eigenvalue weighted by atomic mass is 10.2. The quantitative estimate of drug-likeness (QED) is 0.282. The number of hydrogen-bond donors (Lipinski definition) is 0. The predicted molar refractivity (Wildman–Crippen MR) is 125 cm³/mol. The van der Waals surface area contributed by atoms with E-state index in [1.165, 1.54) is 18.2 Å². The van der Waals surface area contributed by atoms with Crippen LogP contribution in [-0.4, -0.2) is 35.9 Å². The molecule has 33 heavy (non-hydrogen) atoms. The summed E-state index contributed by atoms with van der Waals surface area (Å²) >= 11 is 1.58. The van der Waals surface area contributed by atoms with Gasteiger partial charge >= 0.3 is 12.1 Å². The number of pyridine rings is 1. The van der Waals surface area contributed by atoms with E-state index in [1.54, 1.807) is 41.8 Å². The molecule has 0 radical (unpaired) electrons. The van der Waals surface area contributed by atoms with E-state index in [0.717, 1.165) is 20.8 Å². The Morgan fingerprint density at radius 3 is 2.67 bits per heavy atom. The van der Waals surface area contributed by atoms with Crippen LogP contribution < -0.4 is 9.64 Å². The highest BCUT2D eigenvalue weighted by Crippen LogP contribution is 2.27. The number of carbonyl (C=O) groups excluding carboxylic acids is 2. The number of thiazole rings is 1. The number of benzene rings is 2. The summed E-state index contributed by atoms with van der Waals surface area (Å²) in [6.45, 7) is 1.85. The molecule has 0 aliphatic carbocycles. The van der Waals surface area contributed by atoms with Gasteiger partial charge in [0.2, 0.25) is 0 Å². The standard InChI is InChI=1S/C24H21N3O5S/c1-16-12-18(31-14-22-26-19-7-3-4-8-21(19)33-22)9-10-20(16)27(24(29)30-2)15-32-23(28)17-6-5-11-25-13-17/h3-13H,14-15H2,1-2H3. The zero-order valence-corrected chi connectivity index (χ0v) is 18.9. The molecule has 0 fully saturated rings. The van der Waals surface area contributed by atoms with Crippen molar-refractivity contribution in [2.24, 2.45) is 0 Å². The lowest BCUT2D eigenvalue weighted by molar-refractivity contribution is 0.0502.